The van der Waals surface area contributed by atoms with Crippen LogP contribution < -0.4 is 0 Å². The van der Waals surface area contributed by atoms with Crippen molar-refractivity contribution in [3.05, 3.63) is 0 Å². The molecule has 0 saturated carbocycles. The molecule has 0 aliphatic carbocycles. The van der Waals surface area contributed by atoms with Gasteiger partial charge in [-0.15, -0.1) is 0 Å². The molecule has 0 aliphatic heterocycles. The fraction of sp³-hybridized carbons (Fsp3) is 0.889. The quantitative estimate of drug-likeness (QED) is 0.241. The van der Waals surface area contributed by atoms with Crippen LogP contribution in [0.1, 0.15) is 65.2 Å². The molecule has 8 nitrogen and oxygen atoms in total. The largest absolute Gasteiger partial charge is 0.464 e. The number of esters is 2. The van der Waals surface area contributed by atoms with Crippen molar-refractivity contribution in [1.29, 1.82) is 0 Å². The van der Waals surface area contributed by atoms with Gasteiger partial charge in [-0.05, 0) is 12.8 Å². The Balaban J connectivity index is 4.24. The zero-order valence-electron chi connectivity index (χ0n) is 15.8. The van der Waals surface area contributed by atoms with E-state index in [2.05, 4.69) is 0 Å². The number of carbonyl (C=O) groups is 2. The van der Waals surface area contributed by atoms with Crippen molar-refractivity contribution in [3.8, 4) is 0 Å². The summed E-state index contributed by atoms with van der Waals surface area (Å²) >= 11 is 0. The maximum absolute atomic E-state index is 11.6. The van der Waals surface area contributed by atoms with Gasteiger partial charge in [-0.2, -0.15) is 0 Å². The van der Waals surface area contributed by atoms with E-state index in [0.717, 1.165) is 38.5 Å². The first-order valence-corrected chi connectivity index (χ1v) is 9.42. The molecule has 4 atom stereocenters. The van der Waals surface area contributed by atoms with Gasteiger partial charge in [0.25, 0.3) is 0 Å². The highest BCUT2D eigenvalue weighted by Crippen LogP contribution is 2.10. The van der Waals surface area contributed by atoms with E-state index < -0.39 is 36.4 Å². The Morgan fingerprint density at radius 1 is 0.654 bits per heavy atom. The first-order chi connectivity index (χ1) is 12.4. The van der Waals surface area contributed by atoms with Gasteiger partial charge in [0.15, 0.2) is 12.2 Å². The van der Waals surface area contributed by atoms with Crippen molar-refractivity contribution >= 4 is 11.9 Å². The lowest BCUT2D eigenvalue weighted by Gasteiger charge is -2.24. The minimum Gasteiger partial charge on any atom is -0.464 e. The van der Waals surface area contributed by atoms with Crippen molar-refractivity contribution < 1.29 is 39.5 Å². The van der Waals surface area contributed by atoms with E-state index in [1.807, 2.05) is 13.8 Å². The molecule has 0 aromatic carbocycles. The van der Waals surface area contributed by atoms with Crippen molar-refractivity contribution in [2.45, 2.75) is 89.6 Å². The second-order valence-electron chi connectivity index (χ2n) is 6.33. The Hall–Kier alpha value is -1.22. The zero-order chi connectivity index (χ0) is 19.9. The third-order valence-corrected chi connectivity index (χ3v) is 3.96. The Bertz CT molecular complexity index is 351. The van der Waals surface area contributed by atoms with Crippen LogP contribution in [0.4, 0.5) is 0 Å². The molecule has 4 N–H and O–H groups in total. The van der Waals surface area contributed by atoms with Gasteiger partial charge in [0, 0.05) is 0 Å². The predicted octanol–water partition coefficient (Wildman–Crippen LogP) is 0.677. The number of hydrogen-bond acceptors (Lipinski definition) is 8. The summed E-state index contributed by atoms with van der Waals surface area (Å²) < 4.78 is 9.61. The summed E-state index contributed by atoms with van der Waals surface area (Å²) in [5, 5.41) is 39.0. The Labute approximate surface area is 155 Å². The summed E-state index contributed by atoms with van der Waals surface area (Å²) in [7, 11) is 0. The van der Waals surface area contributed by atoms with E-state index in [1.165, 1.54) is 0 Å². The van der Waals surface area contributed by atoms with Crippen LogP contribution in [0.15, 0.2) is 0 Å². The van der Waals surface area contributed by atoms with Gasteiger partial charge >= 0.3 is 11.9 Å². The molecule has 0 aromatic rings. The smallest absolute Gasteiger partial charge is 0.337 e. The molecule has 0 rings (SSSR count). The predicted molar refractivity (Wildman–Crippen MR) is 94.2 cm³/mol. The van der Waals surface area contributed by atoms with Crippen molar-refractivity contribution in [2.75, 3.05) is 13.2 Å². The lowest BCUT2D eigenvalue weighted by atomic mass is 10.0. The van der Waals surface area contributed by atoms with Crippen molar-refractivity contribution in [2.24, 2.45) is 0 Å². The van der Waals surface area contributed by atoms with E-state index in [9.17, 15) is 30.0 Å². The summed E-state index contributed by atoms with van der Waals surface area (Å²) in [6.07, 6.45) is -1.25. The van der Waals surface area contributed by atoms with Crippen molar-refractivity contribution in [1.82, 2.24) is 0 Å². The van der Waals surface area contributed by atoms with Gasteiger partial charge in [-0.3, -0.25) is 0 Å². The molecule has 154 valence electrons. The number of hydrogen-bond donors (Lipinski definition) is 4. The van der Waals surface area contributed by atoms with Gasteiger partial charge in [0.05, 0.1) is 13.2 Å². The highest BCUT2D eigenvalue weighted by Gasteiger charge is 2.38. The fourth-order valence-electron chi connectivity index (χ4n) is 2.23. The molecule has 0 radical (unpaired) electrons. The first kappa shape index (κ1) is 24.8. The zero-order valence-corrected chi connectivity index (χ0v) is 15.8. The number of aliphatic hydroxyl groups is 4. The second kappa shape index (κ2) is 14.9. The van der Waals surface area contributed by atoms with Crippen LogP contribution in [0.5, 0.6) is 0 Å². The van der Waals surface area contributed by atoms with Crippen LogP contribution in [-0.2, 0) is 19.1 Å². The molecule has 0 aliphatic rings. The van der Waals surface area contributed by atoms with Crippen LogP contribution in [0, 0.1) is 0 Å². The monoisotopic (exact) mass is 378 g/mol. The van der Waals surface area contributed by atoms with E-state index in [1.54, 1.807) is 0 Å². The van der Waals surface area contributed by atoms with E-state index in [-0.39, 0.29) is 13.2 Å². The van der Waals surface area contributed by atoms with Crippen molar-refractivity contribution in [3.63, 3.8) is 0 Å². The third-order valence-electron chi connectivity index (χ3n) is 3.96. The van der Waals surface area contributed by atoms with Gasteiger partial charge < -0.3 is 29.9 Å². The minimum absolute atomic E-state index is 0.0844. The molecule has 0 aromatic heterocycles. The highest BCUT2D eigenvalue weighted by molar-refractivity contribution is 5.77. The molecule has 4 unspecified atom stereocenters. The molecular weight excluding hydrogens is 344 g/mol. The maximum atomic E-state index is 11.6. The molecular formula is C18H34O8. The van der Waals surface area contributed by atoms with Gasteiger partial charge in [0.1, 0.15) is 12.2 Å². The SMILES string of the molecule is CCCCCCOC(=O)C(O)C(O)C(O)C(O)C(=O)OCCCCCC. The number of rotatable bonds is 15. The van der Waals surface area contributed by atoms with Gasteiger partial charge in [-0.25, -0.2) is 9.59 Å². The summed E-state index contributed by atoms with van der Waals surface area (Å²) in [5.41, 5.74) is 0. The lowest BCUT2D eigenvalue weighted by Crippen LogP contribution is -2.50. The third kappa shape index (κ3) is 10.1. The Morgan fingerprint density at radius 3 is 1.31 bits per heavy atom. The molecule has 26 heavy (non-hydrogen) atoms. The summed E-state index contributed by atoms with van der Waals surface area (Å²) in [5.74, 6) is -2.23. The standard InChI is InChI=1S/C18H34O8/c1-3-5-7-9-11-25-17(23)15(21)13(19)14(20)16(22)18(24)26-12-10-8-6-4-2/h13-16,19-22H,3-12H2,1-2H3. The summed E-state index contributed by atoms with van der Waals surface area (Å²) in [6.45, 7) is 4.24. The van der Waals surface area contributed by atoms with E-state index in [0.29, 0.717) is 12.8 Å². The normalized spacial score (nSPS) is 15.8. The molecule has 0 bridgehead atoms. The Kier molecular flexibility index (Phi) is 14.2. The van der Waals surface area contributed by atoms with Crippen LogP contribution in [0.25, 0.3) is 0 Å². The molecule has 0 amide bonds. The lowest BCUT2D eigenvalue weighted by molar-refractivity contribution is -0.179. The number of unbranched alkanes of at least 4 members (excludes halogenated alkanes) is 6. The van der Waals surface area contributed by atoms with E-state index >= 15 is 0 Å². The number of ether oxygens (including phenoxy) is 2. The summed E-state index contributed by atoms with van der Waals surface area (Å²) in [6, 6.07) is 0. The Morgan fingerprint density at radius 2 is 1.00 bits per heavy atom. The molecule has 0 spiro atoms. The van der Waals surface area contributed by atoms with Crippen LogP contribution >= 0.6 is 0 Å². The minimum atomic E-state index is -2.07. The molecule has 0 heterocycles. The van der Waals surface area contributed by atoms with Crippen LogP contribution in [0.2, 0.25) is 0 Å². The van der Waals surface area contributed by atoms with Crippen LogP contribution in [0.3, 0.4) is 0 Å². The van der Waals surface area contributed by atoms with Gasteiger partial charge in [-0.1, -0.05) is 52.4 Å². The summed E-state index contributed by atoms with van der Waals surface area (Å²) in [4.78, 5) is 23.3. The maximum Gasteiger partial charge on any atom is 0.337 e. The first-order valence-electron chi connectivity index (χ1n) is 9.42. The number of aliphatic hydroxyl groups excluding tert-OH is 4. The average molecular weight is 378 g/mol. The van der Waals surface area contributed by atoms with E-state index in [4.69, 9.17) is 9.47 Å². The molecule has 8 heteroatoms. The highest BCUT2D eigenvalue weighted by atomic mass is 16.6. The molecule has 0 fully saturated rings. The number of carbonyl (C=O) groups excluding carboxylic acids is 2. The second-order valence-corrected chi connectivity index (χ2v) is 6.33. The molecule has 0 saturated heterocycles. The average Bonchev–Trinajstić information content (AvgIpc) is 2.64. The fourth-order valence-corrected chi connectivity index (χ4v) is 2.23. The van der Waals surface area contributed by atoms with Crippen LogP contribution in [-0.4, -0.2) is 70.0 Å². The topological polar surface area (TPSA) is 134 Å². The van der Waals surface area contributed by atoms with Gasteiger partial charge in [0.2, 0.25) is 0 Å².